The number of amides is 2. The number of hydrogen-bond donors (Lipinski definition) is 1. The smallest absolute Gasteiger partial charge is 0.293 e. The summed E-state index contributed by atoms with van der Waals surface area (Å²) in [5, 5.41) is 14.1. The first-order chi connectivity index (χ1) is 13.9. The molecule has 1 aliphatic heterocycles. The first-order valence-corrected chi connectivity index (χ1v) is 9.05. The number of anilines is 2. The molecule has 29 heavy (non-hydrogen) atoms. The fraction of sp³-hybridized carbons (Fsp3) is 0.100. The number of rotatable bonds is 4. The molecule has 0 fully saturated rings. The molecule has 0 bridgehead atoms. The summed E-state index contributed by atoms with van der Waals surface area (Å²) in [6.45, 7) is 0.492. The highest BCUT2D eigenvalue weighted by atomic mass is 35.5. The lowest BCUT2D eigenvalue weighted by molar-refractivity contribution is -0.385. The van der Waals surface area contributed by atoms with E-state index in [4.69, 9.17) is 16.0 Å². The van der Waals surface area contributed by atoms with Crippen LogP contribution in [0.5, 0.6) is 0 Å². The van der Waals surface area contributed by atoms with Crippen LogP contribution in [0.25, 0.3) is 0 Å². The summed E-state index contributed by atoms with van der Waals surface area (Å²) in [6.07, 6.45) is 2.11. The molecule has 4 rings (SSSR count). The van der Waals surface area contributed by atoms with Gasteiger partial charge in [0.25, 0.3) is 17.5 Å². The zero-order valence-corrected chi connectivity index (χ0v) is 15.7. The van der Waals surface area contributed by atoms with Crippen LogP contribution in [0.2, 0.25) is 5.02 Å². The minimum absolute atomic E-state index is 0.147. The first-order valence-electron chi connectivity index (χ1n) is 8.67. The fourth-order valence-corrected chi connectivity index (χ4v) is 3.42. The van der Waals surface area contributed by atoms with Crippen LogP contribution in [0, 0.1) is 10.1 Å². The van der Waals surface area contributed by atoms with Crippen molar-refractivity contribution >= 4 is 40.5 Å². The predicted octanol–water partition coefficient (Wildman–Crippen LogP) is 4.30. The van der Waals surface area contributed by atoms with Crippen LogP contribution < -0.4 is 10.2 Å². The maximum Gasteiger partial charge on any atom is 0.293 e. The van der Waals surface area contributed by atoms with Gasteiger partial charge in [-0.15, -0.1) is 0 Å². The Bertz CT molecular complexity index is 1130. The van der Waals surface area contributed by atoms with E-state index in [0.717, 1.165) is 5.56 Å². The third-order valence-corrected chi connectivity index (χ3v) is 4.85. The van der Waals surface area contributed by atoms with Crippen LogP contribution in [0.4, 0.5) is 17.1 Å². The van der Waals surface area contributed by atoms with Crippen molar-refractivity contribution in [3.63, 3.8) is 0 Å². The molecular formula is C20H14ClN3O5. The number of fused-ring (bicyclic) bond motifs is 1. The van der Waals surface area contributed by atoms with Crippen LogP contribution in [-0.4, -0.2) is 23.3 Å². The molecule has 0 saturated heterocycles. The zero-order chi connectivity index (χ0) is 20.5. The second-order valence-corrected chi connectivity index (χ2v) is 6.84. The highest BCUT2D eigenvalue weighted by Crippen LogP contribution is 2.32. The van der Waals surface area contributed by atoms with Gasteiger partial charge in [-0.05, 0) is 48.4 Å². The molecule has 9 heteroatoms. The molecule has 1 aromatic heterocycles. The molecule has 0 atom stereocenters. The highest BCUT2D eigenvalue weighted by molar-refractivity contribution is 6.31. The van der Waals surface area contributed by atoms with Gasteiger partial charge < -0.3 is 14.6 Å². The molecule has 146 valence electrons. The topological polar surface area (TPSA) is 106 Å². The zero-order valence-electron chi connectivity index (χ0n) is 14.9. The number of nitro groups is 1. The van der Waals surface area contributed by atoms with Gasteiger partial charge >= 0.3 is 0 Å². The second-order valence-electron chi connectivity index (χ2n) is 6.40. The molecule has 1 N–H and O–H groups in total. The molecule has 0 unspecified atom stereocenters. The Morgan fingerprint density at radius 1 is 1.17 bits per heavy atom. The van der Waals surface area contributed by atoms with Gasteiger partial charge in [0.05, 0.1) is 11.2 Å². The number of carbonyl (C=O) groups is 2. The van der Waals surface area contributed by atoms with Crippen LogP contribution >= 0.6 is 11.6 Å². The maximum atomic E-state index is 12.6. The van der Waals surface area contributed by atoms with Crippen LogP contribution in [0.1, 0.15) is 26.5 Å². The molecule has 0 aliphatic carbocycles. The van der Waals surface area contributed by atoms with Gasteiger partial charge in [-0.25, -0.2) is 0 Å². The minimum atomic E-state index is -0.666. The largest absolute Gasteiger partial charge is 0.459 e. The van der Waals surface area contributed by atoms with Crippen LogP contribution in [-0.2, 0) is 6.42 Å². The summed E-state index contributed by atoms with van der Waals surface area (Å²) in [7, 11) is 0. The Morgan fingerprint density at radius 3 is 2.72 bits per heavy atom. The Kier molecular flexibility index (Phi) is 4.77. The summed E-state index contributed by atoms with van der Waals surface area (Å²) in [6, 6.07) is 12.2. The number of nitrogens with zero attached hydrogens (tertiary/aromatic N) is 2. The van der Waals surface area contributed by atoms with Gasteiger partial charge in [-0.3, -0.25) is 19.7 Å². The Morgan fingerprint density at radius 2 is 2.00 bits per heavy atom. The molecule has 2 heterocycles. The lowest BCUT2D eigenvalue weighted by atomic mass is 10.1. The van der Waals surface area contributed by atoms with E-state index in [-0.39, 0.29) is 27.9 Å². The van der Waals surface area contributed by atoms with Gasteiger partial charge in [0.15, 0.2) is 5.76 Å². The summed E-state index contributed by atoms with van der Waals surface area (Å²) in [5.74, 6) is -0.717. The maximum absolute atomic E-state index is 12.6. The van der Waals surface area contributed by atoms with E-state index in [2.05, 4.69) is 5.32 Å². The number of nitro benzene ring substituents is 1. The predicted molar refractivity (Wildman–Crippen MR) is 107 cm³/mol. The summed E-state index contributed by atoms with van der Waals surface area (Å²) >= 11 is 5.89. The van der Waals surface area contributed by atoms with Gasteiger partial charge in [0, 0.05) is 29.0 Å². The second kappa shape index (κ2) is 7.40. The normalized spacial score (nSPS) is 12.5. The van der Waals surface area contributed by atoms with Crippen LogP contribution in [0.15, 0.2) is 59.2 Å². The molecule has 2 aromatic carbocycles. The fourth-order valence-electron chi connectivity index (χ4n) is 3.25. The van der Waals surface area contributed by atoms with Crippen molar-refractivity contribution in [3.05, 3.63) is 86.8 Å². The van der Waals surface area contributed by atoms with Crippen molar-refractivity contribution < 1.29 is 18.9 Å². The highest BCUT2D eigenvalue weighted by Gasteiger charge is 2.28. The number of hydrogen-bond acceptors (Lipinski definition) is 5. The quantitative estimate of drug-likeness (QED) is 0.509. The van der Waals surface area contributed by atoms with E-state index in [9.17, 15) is 19.7 Å². The van der Waals surface area contributed by atoms with Crippen molar-refractivity contribution in [2.45, 2.75) is 6.42 Å². The molecule has 3 aromatic rings. The Labute approximate surface area is 169 Å². The van der Waals surface area contributed by atoms with Crippen molar-refractivity contribution in [2.24, 2.45) is 0 Å². The van der Waals surface area contributed by atoms with Crippen molar-refractivity contribution in [2.75, 3.05) is 16.8 Å². The van der Waals surface area contributed by atoms with Crippen molar-refractivity contribution in [3.8, 4) is 0 Å². The van der Waals surface area contributed by atoms with E-state index in [1.165, 1.54) is 24.5 Å². The third-order valence-electron chi connectivity index (χ3n) is 4.62. The Balaban J connectivity index is 1.61. The van der Waals surface area contributed by atoms with Gasteiger partial charge in [-0.2, -0.15) is 0 Å². The number of halogens is 1. The summed E-state index contributed by atoms with van der Waals surface area (Å²) in [5.41, 5.74) is 1.53. The van der Waals surface area contributed by atoms with E-state index in [1.807, 2.05) is 6.07 Å². The molecule has 1 aliphatic rings. The molecular weight excluding hydrogens is 398 g/mol. The summed E-state index contributed by atoms with van der Waals surface area (Å²) in [4.78, 5) is 37.4. The molecule has 0 radical (unpaired) electrons. The monoisotopic (exact) mass is 411 g/mol. The lowest BCUT2D eigenvalue weighted by Gasteiger charge is -2.17. The van der Waals surface area contributed by atoms with Crippen molar-refractivity contribution in [1.29, 1.82) is 0 Å². The standard InChI is InChI=1S/C20H14ClN3O5/c21-13-4-6-16(24(27)28)15(10-13)19(25)22-14-5-3-12-7-8-23(17(12)11-14)20(26)18-2-1-9-29-18/h1-6,9-11H,7-8H2,(H,22,25). The van der Waals surface area contributed by atoms with Gasteiger partial charge in [-0.1, -0.05) is 17.7 Å². The van der Waals surface area contributed by atoms with E-state index < -0.39 is 10.8 Å². The average molecular weight is 412 g/mol. The summed E-state index contributed by atoms with van der Waals surface area (Å²) < 4.78 is 5.18. The first kappa shape index (κ1) is 18.7. The number of furan rings is 1. The molecule has 0 spiro atoms. The third kappa shape index (κ3) is 3.57. The Hall–Kier alpha value is -3.65. The SMILES string of the molecule is O=C(Nc1ccc2c(c1)N(C(=O)c1ccco1)CC2)c1cc(Cl)ccc1[N+](=O)[O-]. The average Bonchev–Trinajstić information content (AvgIpc) is 3.37. The molecule has 2 amide bonds. The van der Waals surface area contributed by atoms with Gasteiger partial charge in [0.2, 0.25) is 0 Å². The number of carbonyl (C=O) groups excluding carboxylic acids is 2. The van der Waals surface area contributed by atoms with E-state index in [0.29, 0.717) is 24.3 Å². The van der Waals surface area contributed by atoms with Crippen LogP contribution in [0.3, 0.4) is 0 Å². The van der Waals surface area contributed by atoms with E-state index >= 15 is 0 Å². The molecule has 8 nitrogen and oxygen atoms in total. The van der Waals surface area contributed by atoms with Gasteiger partial charge in [0.1, 0.15) is 5.56 Å². The molecule has 0 saturated carbocycles. The van der Waals surface area contributed by atoms with E-state index in [1.54, 1.807) is 29.2 Å². The van der Waals surface area contributed by atoms with Crippen molar-refractivity contribution in [1.82, 2.24) is 0 Å². The minimum Gasteiger partial charge on any atom is -0.459 e. The number of benzene rings is 2. The number of nitrogens with one attached hydrogen (secondary N) is 1. The lowest BCUT2D eigenvalue weighted by Crippen LogP contribution is -2.28.